The number of benzene rings is 1. The number of alkyl halides is 3. The highest BCUT2D eigenvalue weighted by Gasteiger charge is 2.28. The van der Waals surface area contributed by atoms with Gasteiger partial charge in [-0.15, -0.1) is 0 Å². The van der Waals surface area contributed by atoms with E-state index in [0.717, 1.165) is 5.19 Å². The molecule has 0 bridgehead atoms. The molecule has 0 radical (unpaired) electrons. The van der Waals surface area contributed by atoms with Gasteiger partial charge in [-0.1, -0.05) is 49.1 Å². The maximum atomic E-state index is 13.0. The van der Waals surface area contributed by atoms with E-state index >= 15 is 0 Å². The molecular formula is C10H13BrF2Si. The van der Waals surface area contributed by atoms with E-state index in [-0.39, 0.29) is 5.56 Å². The Morgan fingerprint density at radius 1 is 1.21 bits per heavy atom. The highest BCUT2D eigenvalue weighted by molar-refractivity contribution is 9.09. The minimum Gasteiger partial charge on any atom is -0.188 e. The van der Waals surface area contributed by atoms with Gasteiger partial charge in [-0.25, -0.2) is 0 Å². The Labute approximate surface area is 92.5 Å². The second-order valence-electron chi connectivity index (χ2n) is 4.33. The molecule has 1 rings (SSSR count). The Kier molecular flexibility index (Phi) is 3.16. The van der Waals surface area contributed by atoms with Crippen molar-refractivity contribution >= 4 is 29.2 Å². The third kappa shape index (κ3) is 2.88. The van der Waals surface area contributed by atoms with Gasteiger partial charge in [0.25, 0.3) is 0 Å². The molecule has 0 saturated heterocycles. The van der Waals surface area contributed by atoms with Gasteiger partial charge in [-0.2, -0.15) is 8.78 Å². The summed E-state index contributed by atoms with van der Waals surface area (Å²) in [6.45, 7) is 6.41. The lowest BCUT2D eigenvalue weighted by Gasteiger charge is -2.18. The van der Waals surface area contributed by atoms with Gasteiger partial charge in [0.2, 0.25) is 0 Å². The van der Waals surface area contributed by atoms with Crippen molar-refractivity contribution in [1.82, 2.24) is 0 Å². The minimum absolute atomic E-state index is 0.0393. The fraction of sp³-hybridized carbons (Fsp3) is 0.400. The van der Waals surface area contributed by atoms with E-state index in [0.29, 0.717) is 0 Å². The molecule has 0 aromatic heterocycles. The molecule has 0 atom stereocenters. The highest BCUT2D eigenvalue weighted by Crippen LogP contribution is 2.33. The van der Waals surface area contributed by atoms with Crippen LogP contribution in [0, 0.1) is 0 Å². The van der Waals surface area contributed by atoms with Crippen LogP contribution in [0.5, 0.6) is 0 Å². The van der Waals surface area contributed by atoms with Crippen molar-refractivity contribution in [2.24, 2.45) is 0 Å². The van der Waals surface area contributed by atoms with Crippen molar-refractivity contribution in [3.05, 3.63) is 29.8 Å². The summed E-state index contributed by atoms with van der Waals surface area (Å²) in [6.07, 6.45) is 0. The Balaban J connectivity index is 3.15. The van der Waals surface area contributed by atoms with Crippen LogP contribution in [0.25, 0.3) is 0 Å². The fourth-order valence-electron chi connectivity index (χ4n) is 1.16. The standard InChI is InChI=1S/C10H13BrF2Si/c1-14(2,3)9-6-4-5-8(7-9)10(11,12)13/h4-7H,1-3H3. The second kappa shape index (κ2) is 3.74. The molecule has 0 aliphatic carbocycles. The quantitative estimate of drug-likeness (QED) is 0.572. The smallest absolute Gasteiger partial charge is 0.188 e. The molecule has 14 heavy (non-hydrogen) atoms. The van der Waals surface area contributed by atoms with Crippen molar-refractivity contribution in [3.8, 4) is 0 Å². The molecule has 0 saturated carbocycles. The zero-order valence-corrected chi connectivity index (χ0v) is 11.0. The molecule has 4 heteroatoms. The van der Waals surface area contributed by atoms with Crippen LogP contribution in [0.3, 0.4) is 0 Å². The molecule has 0 N–H and O–H groups in total. The molecule has 0 aliphatic rings. The van der Waals surface area contributed by atoms with E-state index in [1.54, 1.807) is 12.1 Å². The molecule has 0 fully saturated rings. The molecular weight excluding hydrogens is 266 g/mol. The summed E-state index contributed by atoms with van der Waals surface area (Å²) >= 11 is 2.37. The predicted octanol–water partition coefficient (Wildman–Crippen LogP) is 3.68. The van der Waals surface area contributed by atoms with Gasteiger partial charge in [-0.3, -0.25) is 0 Å². The number of halogens is 3. The van der Waals surface area contributed by atoms with E-state index in [2.05, 4.69) is 35.6 Å². The first-order valence-electron chi connectivity index (χ1n) is 4.39. The molecule has 1 aromatic carbocycles. The van der Waals surface area contributed by atoms with Gasteiger partial charge >= 0.3 is 4.83 Å². The summed E-state index contributed by atoms with van der Waals surface area (Å²) in [7, 11) is -1.50. The van der Waals surface area contributed by atoms with E-state index in [9.17, 15) is 8.78 Å². The van der Waals surface area contributed by atoms with Crippen LogP contribution < -0.4 is 5.19 Å². The van der Waals surface area contributed by atoms with Gasteiger partial charge < -0.3 is 0 Å². The number of hydrogen-bond donors (Lipinski definition) is 0. The molecule has 0 unspecified atom stereocenters. The average molecular weight is 279 g/mol. The van der Waals surface area contributed by atoms with Gasteiger partial charge in [0, 0.05) is 5.56 Å². The highest BCUT2D eigenvalue weighted by atomic mass is 79.9. The van der Waals surface area contributed by atoms with Crippen molar-refractivity contribution < 1.29 is 8.78 Å². The fourth-order valence-corrected chi connectivity index (χ4v) is 2.59. The first-order chi connectivity index (χ1) is 6.21. The van der Waals surface area contributed by atoms with Crippen LogP contribution >= 0.6 is 15.9 Å². The first-order valence-corrected chi connectivity index (χ1v) is 8.68. The summed E-state index contributed by atoms with van der Waals surface area (Å²) in [5.74, 6) is 0. The Hall–Kier alpha value is -0.223. The van der Waals surface area contributed by atoms with Crippen molar-refractivity contribution in [2.75, 3.05) is 0 Å². The summed E-state index contributed by atoms with van der Waals surface area (Å²) in [6, 6.07) is 6.66. The normalized spacial score (nSPS) is 13.0. The third-order valence-electron chi connectivity index (χ3n) is 2.06. The van der Waals surface area contributed by atoms with Gasteiger partial charge in [0.1, 0.15) is 0 Å². The molecule has 0 nitrogen and oxygen atoms in total. The number of hydrogen-bond acceptors (Lipinski definition) is 0. The molecule has 0 heterocycles. The van der Waals surface area contributed by atoms with E-state index in [1.807, 2.05) is 6.07 Å². The predicted molar refractivity (Wildman–Crippen MR) is 62.2 cm³/mol. The molecule has 78 valence electrons. The monoisotopic (exact) mass is 278 g/mol. The van der Waals surface area contributed by atoms with Gasteiger partial charge in [-0.05, 0) is 15.9 Å². The van der Waals surface area contributed by atoms with Gasteiger partial charge in [0.05, 0.1) is 8.07 Å². The van der Waals surface area contributed by atoms with Crippen LogP contribution in [0.1, 0.15) is 5.56 Å². The Bertz CT molecular complexity index is 296. The summed E-state index contributed by atoms with van der Waals surface area (Å²) in [4.78, 5) is -2.91. The van der Waals surface area contributed by atoms with Crippen LogP contribution in [-0.4, -0.2) is 8.07 Å². The third-order valence-corrected chi connectivity index (χ3v) is 4.56. The van der Waals surface area contributed by atoms with Crippen LogP contribution in [0.15, 0.2) is 24.3 Å². The molecule has 0 amide bonds. The lowest BCUT2D eigenvalue weighted by atomic mass is 10.2. The molecule has 0 aliphatic heterocycles. The Morgan fingerprint density at radius 2 is 1.79 bits per heavy atom. The zero-order valence-electron chi connectivity index (χ0n) is 8.44. The Morgan fingerprint density at radius 3 is 2.21 bits per heavy atom. The maximum Gasteiger partial charge on any atom is 0.326 e. The minimum atomic E-state index is -2.91. The summed E-state index contributed by atoms with van der Waals surface area (Å²) in [5, 5.41) is 1.05. The molecule has 1 aromatic rings. The van der Waals surface area contributed by atoms with Crippen molar-refractivity contribution in [2.45, 2.75) is 24.5 Å². The average Bonchev–Trinajstić information content (AvgIpc) is 2.01. The summed E-state index contributed by atoms with van der Waals surface area (Å²) in [5.41, 5.74) is 0.0393. The van der Waals surface area contributed by atoms with Crippen LogP contribution in [0.2, 0.25) is 19.6 Å². The number of rotatable bonds is 2. The van der Waals surface area contributed by atoms with Gasteiger partial charge in [0.15, 0.2) is 0 Å². The maximum absolute atomic E-state index is 13.0. The van der Waals surface area contributed by atoms with Crippen molar-refractivity contribution in [1.29, 1.82) is 0 Å². The van der Waals surface area contributed by atoms with E-state index in [1.165, 1.54) is 6.07 Å². The molecule has 0 spiro atoms. The largest absolute Gasteiger partial charge is 0.326 e. The van der Waals surface area contributed by atoms with E-state index in [4.69, 9.17) is 0 Å². The lowest BCUT2D eigenvalue weighted by molar-refractivity contribution is 0.114. The topological polar surface area (TPSA) is 0 Å². The van der Waals surface area contributed by atoms with E-state index < -0.39 is 12.9 Å². The lowest BCUT2D eigenvalue weighted by Crippen LogP contribution is -2.37. The van der Waals surface area contributed by atoms with Crippen LogP contribution in [0.4, 0.5) is 8.78 Å². The van der Waals surface area contributed by atoms with Crippen LogP contribution in [-0.2, 0) is 4.83 Å². The second-order valence-corrected chi connectivity index (χ2v) is 10.4. The summed E-state index contributed by atoms with van der Waals surface area (Å²) < 4.78 is 25.9. The van der Waals surface area contributed by atoms with Crippen molar-refractivity contribution in [3.63, 3.8) is 0 Å². The first kappa shape index (κ1) is 11.8. The SMILES string of the molecule is C[Si](C)(C)c1cccc(C(F)(F)Br)c1. The zero-order chi connectivity index (χ0) is 11.0.